The van der Waals surface area contributed by atoms with Gasteiger partial charge in [-0.2, -0.15) is 0 Å². The maximum atomic E-state index is 12.7. The van der Waals surface area contributed by atoms with Gasteiger partial charge in [-0.25, -0.2) is 4.90 Å². The molecule has 3 nitrogen and oxygen atoms in total. The van der Waals surface area contributed by atoms with Crippen LogP contribution in [-0.2, 0) is 9.59 Å². The van der Waals surface area contributed by atoms with Gasteiger partial charge in [0.05, 0.1) is 10.9 Å². The Hall–Kier alpha value is -2.07. The first-order valence-corrected chi connectivity index (χ1v) is 10.3. The van der Waals surface area contributed by atoms with E-state index < -0.39 is 0 Å². The van der Waals surface area contributed by atoms with E-state index in [1.165, 1.54) is 54.3 Å². The summed E-state index contributed by atoms with van der Waals surface area (Å²) in [6, 6.07) is 17.8. The van der Waals surface area contributed by atoms with Crippen molar-refractivity contribution in [1.29, 1.82) is 0 Å². The normalized spacial score (nSPS) is 21.4. The minimum Gasteiger partial charge on any atom is -0.274 e. The van der Waals surface area contributed by atoms with Gasteiger partial charge in [-0.3, -0.25) is 9.59 Å². The monoisotopic (exact) mass is 365 g/mol. The smallest absolute Gasteiger partial charge is 0.247 e. The van der Waals surface area contributed by atoms with Crippen molar-refractivity contribution in [3.05, 3.63) is 60.2 Å². The number of rotatable bonds is 4. The van der Waals surface area contributed by atoms with Crippen molar-refractivity contribution in [2.24, 2.45) is 0 Å². The van der Waals surface area contributed by atoms with E-state index in [9.17, 15) is 9.59 Å². The average Bonchev–Trinajstić information content (AvgIpc) is 2.97. The molecule has 1 saturated heterocycles. The molecule has 0 aromatic heterocycles. The zero-order chi connectivity index (χ0) is 17.9. The summed E-state index contributed by atoms with van der Waals surface area (Å²) in [5.74, 6) is 0.464. The molecule has 0 radical (unpaired) electrons. The summed E-state index contributed by atoms with van der Waals surface area (Å²) < 4.78 is 0. The van der Waals surface area contributed by atoms with Crippen LogP contribution in [0.15, 0.2) is 59.5 Å². The van der Waals surface area contributed by atoms with E-state index in [0.717, 1.165) is 4.90 Å². The first-order valence-electron chi connectivity index (χ1n) is 9.41. The number of para-hydroxylation sites is 1. The molecule has 4 heteroatoms. The molecule has 2 aromatic rings. The van der Waals surface area contributed by atoms with Crippen LogP contribution in [0.4, 0.5) is 5.69 Å². The van der Waals surface area contributed by atoms with E-state index in [0.29, 0.717) is 11.6 Å². The summed E-state index contributed by atoms with van der Waals surface area (Å²) in [7, 11) is 0. The molecule has 4 rings (SSSR count). The van der Waals surface area contributed by atoms with Gasteiger partial charge in [0.1, 0.15) is 0 Å². The summed E-state index contributed by atoms with van der Waals surface area (Å²) in [6.45, 7) is 0. The second kappa shape index (κ2) is 7.67. The third-order valence-electron chi connectivity index (χ3n) is 5.35. The van der Waals surface area contributed by atoms with Crippen LogP contribution in [0.2, 0.25) is 0 Å². The molecule has 2 fully saturated rings. The van der Waals surface area contributed by atoms with Crippen LogP contribution in [-0.4, -0.2) is 17.1 Å². The van der Waals surface area contributed by atoms with Crippen LogP contribution in [0.3, 0.4) is 0 Å². The molecule has 1 aliphatic carbocycles. The molecule has 1 saturated carbocycles. The number of thioether (sulfide) groups is 1. The minimum atomic E-state index is -0.330. The lowest BCUT2D eigenvalue weighted by Crippen LogP contribution is -2.30. The molecular formula is C22H23NO2S. The molecule has 1 atom stereocenters. The maximum Gasteiger partial charge on any atom is 0.247 e. The molecule has 0 N–H and O–H groups in total. The fraction of sp³-hybridized carbons (Fsp3) is 0.364. The summed E-state index contributed by atoms with van der Waals surface area (Å²) in [5, 5.41) is -0.330. The Kier molecular flexibility index (Phi) is 5.11. The van der Waals surface area contributed by atoms with Crippen molar-refractivity contribution < 1.29 is 9.59 Å². The standard InChI is InChI=1S/C22H23NO2S/c24-21-15-20(22(25)23(21)18-9-5-2-6-10-18)26-19-13-11-17(12-14-19)16-7-3-1-4-8-16/h2,5-6,9-14,16,20H,1,3-4,7-8,15H2/t20-/m1/s1. The Morgan fingerprint density at radius 3 is 2.23 bits per heavy atom. The Bertz CT molecular complexity index is 782. The molecular weight excluding hydrogens is 342 g/mol. The topological polar surface area (TPSA) is 37.4 Å². The van der Waals surface area contributed by atoms with Gasteiger partial charge < -0.3 is 0 Å². The van der Waals surface area contributed by atoms with Crippen LogP contribution in [0.1, 0.15) is 50.0 Å². The second-order valence-corrected chi connectivity index (χ2v) is 8.39. The lowest BCUT2D eigenvalue weighted by molar-refractivity contribution is -0.121. The number of amides is 2. The van der Waals surface area contributed by atoms with Crippen LogP contribution in [0, 0.1) is 0 Å². The van der Waals surface area contributed by atoms with E-state index in [-0.39, 0.29) is 23.5 Å². The van der Waals surface area contributed by atoms with Crippen molar-refractivity contribution in [2.45, 2.75) is 54.6 Å². The van der Waals surface area contributed by atoms with Crippen molar-refractivity contribution in [3.8, 4) is 0 Å². The van der Waals surface area contributed by atoms with Crippen LogP contribution >= 0.6 is 11.8 Å². The lowest BCUT2D eigenvalue weighted by Gasteiger charge is -2.22. The van der Waals surface area contributed by atoms with Gasteiger partial charge in [-0.05, 0) is 48.6 Å². The summed E-state index contributed by atoms with van der Waals surface area (Å²) in [6.07, 6.45) is 6.86. The zero-order valence-electron chi connectivity index (χ0n) is 14.8. The molecule has 1 aliphatic heterocycles. The lowest BCUT2D eigenvalue weighted by atomic mass is 9.84. The molecule has 26 heavy (non-hydrogen) atoms. The average molecular weight is 365 g/mol. The van der Waals surface area contributed by atoms with Crippen LogP contribution in [0.25, 0.3) is 0 Å². The predicted octanol–water partition coefficient (Wildman–Crippen LogP) is 5.16. The van der Waals surface area contributed by atoms with Gasteiger partial charge in [-0.1, -0.05) is 49.6 Å². The third-order valence-corrected chi connectivity index (χ3v) is 6.55. The number of carbonyl (C=O) groups excluding carboxylic acids is 2. The quantitative estimate of drug-likeness (QED) is 0.703. The largest absolute Gasteiger partial charge is 0.274 e. The van der Waals surface area contributed by atoms with E-state index >= 15 is 0 Å². The number of nitrogens with zero attached hydrogens (tertiary/aromatic N) is 1. The number of anilines is 1. The van der Waals surface area contributed by atoms with Crippen LogP contribution < -0.4 is 4.90 Å². The number of benzene rings is 2. The Morgan fingerprint density at radius 1 is 0.846 bits per heavy atom. The Morgan fingerprint density at radius 2 is 1.54 bits per heavy atom. The van der Waals surface area contributed by atoms with E-state index in [2.05, 4.69) is 24.3 Å². The molecule has 2 amide bonds. The Balaban J connectivity index is 1.44. The van der Waals surface area contributed by atoms with Crippen LogP contribution in [0.5, 0.6) is 0 Å². The second-order valence-electron chi connectivity index (χ2n) is 7.12. The molecule has 0 spiro atoms. The van der Waals surface area contributed by atoms with Gasteiger partial charge in [0.25, 0.3) is 0 Å². The van der Waals surface area contributed by atoms with Crippen molar-refractivity contribution in [1.82, 2.24) is 0 Å². The van der Waals surface area contributed by atoms with Gasteiger partial charge in [-0.15, -0.1) is 11.8 Å². The zero-order valence-corrected chi connectivity index (χ0v) is 15.6. The first-order chi connectivity index (χ1) is 12.7. The Labute approximate surface area is 158 Å². The summed E-state index contributed by atoms with van der Waals surface area (Å²) in [4.78, 5) is 27.4. The van der Waals surface area contributed by atoms with Gasteiger partial charge in [0, 0.05) is 11.3 Å². The number of imide groups is 1. The molecule has 1 heterocycles. The highest BCUT2D eigenvalue weighted by Crippen LogP contribution is 2.36. The van der Waals surface area contributed by atoms with E-state index in [1.807, 2.05) is 30.3 Å². The minimum absolute atomic E-state index is 0.109. The highest BCUT2D eigenvalue weighted by Gasteiger charge is 2.40. The van der Waals surface area contributed by atoms with E-state index in [1.54, 1.807) is 0 Å². The maximum absolute atomic E-state index is 12.7. The molecule has 2 aromatic carbocycles. The molecule has 2 aliphatic rings. The fourth-order valence-corrected chi connectivity index (χ4v) is 5.02. The van der Waals surface area contributed by atoms with Crippen molar-refractivity contribution in [3.63, 3.8) is 0 Å². The van der Waals surface area contributed by atoms with Crippen molar-refractivity contribution in [2.75, 3.05) is 4.90 Å². The van der Waals surface area contributed by atoms with Gasteiger partial charge in [0.15, 0.2) is 0 Å². The van der Waals surface area contributed by atoms with Gasteiger partial charge in [0.2, 0.25) is 11.8 Å². The van der Waals surface area contributed by atoms with Gasteiger partial charge >= 0.3 is 0 Å². The molecule has 0 bridgehead atoms. The van der Waals surface area contributed by atoms with Crippen molar-refractivity contribution >= 4 is 29.3 Å². The fourth-order valence-electron chi connectivity index (χ4n) is 3.96. The summed E-state index contributed by atoms with van der Waals surface area (Å²) in [5.41, 5.74) is 2.08. The molecule has 134 valence electrons. The number of hydrogen-bond donors (Lipinski definition) is 0. The number of hydrogen-bond acceptors (Lipinski definition) is 3. The predicted molar refractivity (Wildman–Crippen MR) is 105 cm³/mol. The highest BCUT2D eigenvalue weighted by molar-refractivity contribution is 8.00. The number of carbonyl (C=O) groups is 2. The summed E-state index contributed by atoms with van der Waals surface area (Å²) >= 11 is 1.50. The molecule has 0 unspecified atom stereocenters. The SMILES string of the molecule is O=C1C[C@@H](Sc2ccc(C3CCCCC3)cc2)C(=O)N1c1ccccc1. The first kappa shape index (κ1) is 17.3. The van der Waals surface area contributed by atoms with E-state index in [4.69, 9.17) is 0 Å². The highest BCUT2D eigenvalue weighted by atomic mass is 32.2. The third kappa shape index (κ3) is 3.56.